The molecule has 0 spiro atoms. The summed E-state index contributed by atoms with van der Waals surface area (Å²) in [5.41, 5.74) is 3.27. The molecular weight excluding hydrogens is 386 g/mol. The van der Waals surface area contributed by atoms with E-state index >= 15 is 0 Å². The Kier molecular flexibility index (Phi) is 5.75. The first-order valence-electron chi connectivity index (χ1n) is 9.26. The van der Waals surface area contributed by atoms with Crippen LogP contribution in [0.5, 0.6) is 5.75 Å². The molecule has 1 amide bonds. The van der Waals surface area contributed by atoms with Crippen molar-refractivity contribution in [3.8, 4) is 16.2 Å². The molecule has 3 rings (SSSR count). The number of thiophene rings is 1. The summed E-state index contributed by atoms with van der Waals surface area (Å²) in [6, 6.07) is 14.1. The SMILES string of the molecule is Cc1cccc(-c2cc(N(C(=O)c3ccc(C)cc3O)C(C)C)c(C(=O)O)s2)c1. The molecule has 1 aromatic heterocycles. The number of nitrogens with zero attached hydrogens (tertiary/aromatic N) is 1. The summed E-state index contributed by atoms with van der Waals surface area (Å²) in [5, 5.41) is 20.0. The van der Waals surface area contributed by atoms with Crippen LogP contribution in [0.1, 0.15) is 45.0 Å². The quantitative estimate of drug-likeness (QED) is 0.584. The highest BCUT2D eigenvalue weighted by Crippen LogP contribution is 2.39. The number of carboxylic acid groups (broad SMARTS) is 1. The maximum Gasteiger partial charge on any atom is 0.348 e. The molecule has 1 heterocycles. The Bertz CT molecular complexity index is 1080. The molecule has 2 N–H and O–H groups in total. The summed E-state index contributed by atoms with van der Waals surface area (Å²) >= 11 is 1.14. The molecule has 150 valence electrons. The molecule has 0 bridgehead atoms. The predicted molar refractivity (Wildman–Crippen MR) is 116 cm³/mol. The fraction of sp³-hybridized carbons (Fsp3) is 0.217. The number of carbonyl (C=O) groups is 2. The van der Waals surface area contributed by atoms with Gasteiger partial charge >= 0.3 is 5.97 Å². The largest absolute Gasteiger partial charge is 0.507 e. The van der Waals surface area contributed by atoms with E-state index in [9.17, 15) is 19.8 Å². The number of hydrogen-bond donors (Lipinski definition) is 2. The number of carboxylic acids is 1. The number of aromatic hydroxyl groups is 1. The Balaban J connectivity index is 2.14. The zero-order valence-corrected chi connectivity index (χ0v) is 17.6. The topological polar surface area (TPSA) is 77.8 Å². The van der Waals surface area contributed by atoms with Crippen LogP contribution >= 0.6 is 11.3 Å². The van der Waals surface area contributed by atoms with E-state index in [1.807, 2.05) is 52.0 Å². The number of anilines is 1. The van der Waals surface area contributed by atoms with Crippen LogP contribution in [0.3, 0.4) is 0 Å². The monoisotopic (exact) mass is 409 g/mol. The van der Waals surface area contributed by atoms with Crippen LogP contribution in [0.25, 0.3) is 10.4 Å². The van der Waals surface area contributed by atoms with Crippen LogP contribution in [-0.4, -0.2) is 28.1 Å². The molecule has 0 saturated carbocycles. The second kappa shape index (κ2) is 8.09. The maximum absolute atomic E-state index is 13.3. The highest BCUT2D eigenvalue weighted by atomic mass is 32.1. The minimum absolute atomic E-state index is 0.0927. The number of hydrogen-bond acceptors (Lipinski definition) is 4. The number of aromatic carboxylic acids is 1. The highest BCUT2D eigenvalue weighted by Gasteiger charge is 2.29. The summed E-state index contributed by atoms with van der Waals surface area (Å²) in [5.74, 6) is -1.64. The Morgan fingerprint density at radius 2 is 1.69 bits per heavy atom. The van der Waals surface area contributed by atoms with Gasteiger partial charge in [0, 0.05) is 10.9 Å². The van der Waals surface area contributed by atoms with Crippen molar-refractivity contribution in [2.24, 2.45) is 0 Å². The lowest BCUT2D eigenvalue weighted by Crippen LogP contribution is -2.37. The molecule has 0 saturated heterocycles. The van der Waals surface area contributed by atoms with Crippen LogP contribution < -0.4 is 4.90 Å². The van der Waals surface area contributed by atoms with E-state index in [-0.39, 0.29) is 22.2 Å². The molecule has 29 heavy (non-hydrogen) atoms. The number of aryl methyl sites for hydroxylation is 2. The molecule has 0 aliphatic heterocycles. The van der Waals surface area contributed by atoms with Crippen LogP contribution in [-0.2, 0) is 0 Å². The predicted octanol–water partition coefficient (Wildman–Crippen LogP) is 5.49. The summed E-state index contributed by atoms with van der Waals surface area (Å²) < 4.78 is 0. The van der Waals surface area contributed by atoms with Crippen LogP contribution in [0.4, 0.5) is 5.69 Å². The molecule has 5 nitrogen and oxygen atoms in total. The number of amides is 1. The Morgan fingerprint density at radius 1 is 1.00 bits per heavy atom. The van der Waals surface area contributed by atoms with Gasteiger partial charge in [0.05, 0.1) is 11.3 Å². The molecule has 2 aromatic carbocycles. The zero-order chi connectivity index (χ0) is 21.3. The van der Waals surface area contributed by atoms with Gasteiger partial charge in [-0.3, -0.25) is 4.79 Å². The van der Waals surface area contributed by atoms with Crippen LogP contribution in [0, 0.1) is 13.8 Å². The summed E-state index contributed by atoms with van der Waals surface area (Å²) in [7, 11) is 0. The molecular formula is C23H23NO4S. The van der Waals surface area contributed by atoms with Gasteiger partial charge in [0.1, 0.15) is 10.6 Å². The summed E-state index contributed by atoms with van der Waals surface area (Å²) in [6.07, 6.45) is 0. The van der Waals surface area contributed by atoms with Crippen molar-refractivity contribution in [3.05, 3.63) is 70.1 Å². The van der Waals surface area contributed by atoms with E-state index in [0.29, 0.717) is 5.69 Å². The van der Waals surface area contributed by atoms with Gasteiger partial charge in [-0.25, -0.2) is 4.79 Å². The van der Waals surface area contributed by atoms with E-state index in [0.717, 1.165) is 32.9 Å². The first kappa shape index (κ1) is 20.6. The average Bonchev–Trinajstić information content (AvgIpc) is 3.06. The number of benzene rings is 2. The minimum atomic E-state index is -1.09. The van der Waals surface area contributed by atoms with Crippen LogP contribution in [0.2, 0.25) is 0 Å². The third-order valence-electron chi connectivity index (χ3n) is 4.59. The van der Waals surface area contributed by atoms with Gasteiger partial charge in [-0.15, -0.1) is 11.3 Å². The van der Waals surface area contributed by atoms with Crippen LogP contribution in [0.15, 0.2) is 48.5 Å². The molecule has 3 aromatic rings. The number of phenolic OH excluding ortho intramolecular Hbond substituents is 1. The minimum Gasteiger partial charge on any atom is -0.507 e. The van der Waals surface area contributed by atoms with Gasteiger partial charge in [-0.05, 0) is 57.0 Å². The Hall–Kier alpha value is -3.12. The first-order valence-corrected chi connectivity index (χ1v) is 10.1. The van der Waals surface area contributed by atoms with Crippen molar-refractivity contribution in [2.45, 2.75) is 33.7 Å². The Labute approximate surface area is 173 Å². The zero-order valence-electron chi connectivity index (χ0n) is 16.8. The van der Waals surface area contributed by atoms with E-state index in [1.54, 1.807) is 18.2 Å². The maximum atomic E-state index is 13.3. The van der Waals surface area contributed by atoms with Crippen molar-refractivity contribution < 1.29 is 19.8 Å². The fourth-order valence-electron chi connectivity index (χ4n) is 3.23. The van der Waals surface area contributed by atoms with Gasteiger partial charge in [0.25, 0.3) is 5.91 Å². The molecule has 0 aliphatic carbocycles. The standard InChI is InChI=1S/C23H23NO4S/c1-13(2)24(22(26)17-9-8-15(4)11-19(17)25)18-12-20(29-21(18)23(27)28)16-7-5-6-14(3)10-16/h5-13,25H,1-4H3,(H,27,28). The molecule has 0 aliphatic rings. The second-order valence-electron chi connectivity index (χ2n) is 7.29. The molecule has 0 radical (unpaired) electrons. The Morgan fingerprint density at radius 3 is 2.28 bits per heavy atom. The summed E-state index contributed by atoms with van der Waals surface area (Å²) in [4.78, 5) is 27.5. The molecule has 0 unspecified atom stereocenters. The molecule has 6 heteroatoms. The smallest absolute Gasteiger partial charge is 0.348 e. The van der Waals surface area contributed by atoms with E-state index in [1.165, 1.54) is 11.0 Å². The highest BCUT2D eigenvalue weighted by molar-refractivity contribution is 7.18. The number of carbonyl (C=O) groups excluding carboxylic acids is 1. The van der Waals surface area contributed by atoms with E-state index < -0.39 is 11.9 Å². The fourth-order valence-corrected chi connectivity index (χ4v) is 4.21. The third-order valence-corrected chi connectivity index (χ3v) is 5.75. The lowest BCUT2D eigenvalue weighted by Gasteiger charge is -2.27. The third kappa shape index (κ3) is 4.17. The van der Waals surface area contributed by atoms with E-state index in [2.05, 4.69) is 0 Å². The molecule has 0 fully saturated rings. The van der Waals surface area contributed by atoms with Gasteiger partial charge < -0.3 is 15.1 Å². The first-order chi connectivity index (χ1) is 13.7. The number of rotatable bonds is 5. The van der Waals surface area contributed by atoms with Crippen molar-refractivity contribution in [2.75, 3.05) is 4.90 Å². The second-order valence-corrected chi connectivity index (χ2v) is 8.34. The molecule has 0 atom stereocenters. The average molecular weight is 410 g/mol. The van der Waals surface area contributed by atoms with Gasteiger partial charge in [0.2, 0.25) is 0 Å². The van der Waals surface area contributed by atoms with E-state index in [4.69, 9.17) is 0 Å². The lowest BCUT2D eigenvalue weighted by atomic mass is 10.1. The lowest BCUT2D eigenvalue weighted by molar-refractivity contribution is 0.0703. The van der Waals surface area contributed by atoms with Gasteiger partial charge in [0.15, 0.2) is 0 Å². The van der Waals surface area contributed by atoms with Crippen molar-refractivity contribution in [1.82, 2.24) is 0 Å². The summed E-state index contributed by atoms with van der Waals surface area (Å²) in [6.45, 7) is 7.43. The normalized spacial score (nSPS) is 10.9. The number of phenols is 1. The van der Waals surface area contributed by atoms with Gasteiger partial charge in [-0.2, -0.15) is 0 Å². The van der Waals surface area contributed by atoms with Crippen molar-refractivity contribution in [1.29, 1.82) is 0 Å². The van der Waals surface area contributed by atoms with Crippen molar-refractivity contribution >= 4 is 28.9 Å². The van der Waals surface area contributed by atoms with Gasteiger partial charge in [-0.1, -0.05) is 35.9 Å². The van der Waals surface area contributed by atoms with Crippen molar-refractivity contribution in [3.63, 3.8) is 0 Å².